The Balaban J connectivity index is 2.47. The second-order valence-electron chi connectivity index (χ2n) is 5.21. The Hall–Kier alpha value is -2.26. The van der Waals surface area contributed by atoms with Crippen molar-refractivity contribution in [2.75, 3.05) is 6.61 Å². The lowest BCUT2D eigenvalue weighted by Gasteiger charge is -2.28. The van der Waals surface area contributed by atoms with E-state index in [9.17, 15) is 10.2 Å². The van der Waals surface area contributed by atoms with Crippen LogP contribution in [0, 0.1) is 0 Å². The number of rotatable bonds is 5. The van der Waals surface area contributed by atoms with Gasteiger partial charge in [-0.1, -0.05) is 36.4 Å². The van der Waals surface area contributed by atoms with Crippen molar-refractivity contribution in [3.63, 3.8) is 0 Å². The number of allylic oxidation sites excluding steroid dienone is 1. The van der Waals surface area contributed by atoms with Gasteiger partial charge in [0.15, 0.2) is 0 Å². The Bertz CT molecular complexity index is 552. The van der Waals surface area contributed by atoms with Crippen LogP contribution < -0.4 is 0 Å². The van der Waals surface area contributed by atoms with Gasteiger partial charge in [0, 0.05) is 12.0 Å². The molecule has 110 valence electrons. The van der Waals surface area contributed by atoms with Crippen molar-refractivity contribution in [1.82, 2.24) is 0 Å². The van der Waals surface area contributed by atoms with Crippen molar-refractivity contribution in [2.24, 2.45) is 0 Å². The molecule has 0 fully saturated rings. The van der Waals surface area contributed by atoms with Gasteiger partial charge in [-0.15, -0.1) is 0 Å². The second kappa shape index (κ2) is 6.46. The molecule has 0 bridgehead atoms. The minimum atomic E-state index is -0.392. The monoisotopic (exact) mass is 284 g/mol. The first kappa shape index (κ1) is 15.1. The normalized spacial score (nSPS) is 11.9. The maximum Gasteiger partial charge on any atom is 0.115 e. The molecule has 0 saturated heterocycles. The van der Waals surface area contributed by atoms with Crippen molar-refractivity contribution in [3.8, 4) is 11.5 Å². The molecular formula is C18H20O3. The number of hydrogen-bond donors (Lipinski definition) is 3. The molecule has 0 saturated carbocycles. The summed E-state index contributed by atoms with van der Waals surface area (Å²) in [7, 11) is 0. The number of phenols is 2. The van der Waals surface area contributed by atoms with Gasteiger partial charge in [0.25, 0.3) is 0 Å². The average Bonchev–Trinajstić information content (AvgIpc) is 2.48. The van der Waals surface area contributed by atoms with Crippen LogP contribution in [0.3, 0.4) is 0 Å². The molecule has 0 aliphatic heterocycles. The first-order valence-corrected chi connectivity index (χ1v) is 6.94. The van der Waals surface area contributed by atoms with Gasteiger partial charge >= 0.3 is 0 Å². The second-order valence-corrected chi connectivity index (χ2v) is 5.21. The number of hydrogen-bond acceptors (Lipinski definition) is 3. The molecule has 2 aromatic rings. The predicted molar refractivity (Wildman–Crippen MR) is 83.5 cm³/mol. The molecule has 0 aromatic heterocycles. The van der Waals surface area contributed by atoms with E-state index in [1.807, 2.05) is 36.4 Å². The van der Waals surface area contributed by atoms with E-state index in [2.05, 4.69) is 6.92 Å². The van der Waals surface area contributed by atoms with Crippen LogP contribution in [0.4, 0.5) is 0 Å². The highest BCUT2D eigenvalue weighted by atomic mass is 16.3. The molecule has 0 heterocycles. The largest absolute Gasteiger partial charge is 0.508 e. The summed E-state index contributed by atoms with van der Waals surface area (Å²) in [4.78, 5) is 0. The number of aromatic hydroxyl groups is 2. The minimum Gasteiger partial charge on any atom is -0.508 e. The summed E-state index contributed by atoms with van der Waals surface area (Å²) in [6.07, 6.45) is 4.58. The van der Waals surface area contributed by atoms with E-state index in [4.69, 9.17) is 5.11 Å². The molecule has 0 spiro atoms. The van der Waals surface area contributed by atoms with Crippen molar-refractivity contribution in [3.05, 3.63) is 71.8 Å². The third-order valence-corrected chi connectivity index (χ3v) is 3.68. The topological polar surface area (TPSA) is 60.7 Å². The van der Waals surface area contributed by atoms with Gasteiger partial charge in [-0.05, 0) is 48.7 Å². The summed E-state index contributed by atoms with van der Waals surface area (Å²) in [5.74, 6) is 0.456. The quantitative estimate of drug-likeness (QED) is 0.738. The maximum atomic E-state index is 9.46. The zero-order chi connectivity index (χ0) is 15.3. The standard InChI is InChI=1S/C18H20O3/c1-18(12-2-3-13-19,14-4-8-16(20)9-5-14)15-6-10-17(21)11-7-15/h2,4-12,19-21H,3,13H2,1H3. The van der Waals surface area contributed by atoms with Gasteiger partial charge < -0.3 is 15.3 Å². The number of benzene rings is 2. The van der Waals surface area contributed by atoms with Gasteiger partial charge in [-0.3, -0.25) is 0 Å². The molecular weight excluding hydrogens is 264 g/mol. The molecule has 3 N–H and O–H groups in total. The fraction of sp³-hybridized carbons (Fsp3) is 0.222. The van der Waals surface area contributed by atoms with Crippen LogP contribution in [0.1, 0.15) is 24.5 Å². The minimum absolute atomic E-state index is 0.109. The van der Waals surface area contributed by atoms with Crippen LogP contribution in [0.2, 0.25) is 0 Å². The molecule has 3 nitrogen and oxygen atoms in total. The zero-order valence-corrected chi connectivity index (χ0v) is 12.0. The molecule has 0 aliphatic rings. The number of aliphatic hydroxyl groups is 1. The summed E-state index contributed by atoms with van der Waals surface area (Å²) in [5.41, 5.74) is 1.66. The fourth-order valence-corrected chi connectivity index (χ4v) is 2.37. The fourth-order valence-electron chi connectivity index (χ4n) is 2.37. The Kier molecular flexibility index (Phi) is 4.66. The summed E-state index contributed by atoms with van der Waals surface area (Å²) in [6.45, 7) is 2.18. The Labute approximate surface area is 124 Å². The smallest absolute Gasteiger partial charge is 0.115 e. The molecule has 0 amide bonds. The number of phenolic OH excluding ortho intramolecular Hbond substituents is 2. The van der Waals surface area contributed by atoms with E-state index in [0.717, 1.165) is 11.1 Å². The molecule has 21 heavy (non-hydrogen) atoms. The van der Waals surface area contributed by atoms with Crippen LogP contribution in [-0.2, 0) is 5.41 Å². The van der Waals surface area contributed by atoms with Gasteiger partial charge in [0.2, 0.25) is 0 Å². The Morgan fingerprint density at radius 2 is 1.29 bits per heavy atom. The van der Waals surface area contributed by atoms with Crippen LogP contribution in [-0.4, -0.2) is 21.9 Å². The predicted octanol–water partition coefficient (Wildman–Crippen LogP) is 3.34. The first-order chi connectivity index (χ1) is 10.1. The highest BCUT2D eigenvalue weighted by Gasteiger charge is 2.25. The van der Waals surface area contributed by atoms with E-state index in [1.165, 1.54) is 0 Å². The van der Waals surface area contributed by atoms with Crippen molar-refractivity contribution < 1.29 is 15.3 Å². The van der Waals surface area contributed by atoms with E-state index in [1.54, 1.807) is 24.3 Å². The molecule has 2 aromatic carbocycles. The Morgan fingerprint density at radius 3 is 1.67 bits per heavy atom. The van der Waals surface area contributed by atoms with Crippen molar-refractivity contribution in [2.45, 2.75) is 18.8 Å². The molecule has 2 rings (SSSR count). The molecule has 3 heteroatoms. The summed E-state index contributed by atoms with van der Waals surface area (Å²) >= 11 is 0. The summed E-state index contributed by atoms with van der Waals surface area (Å²) < 4.78 is 0. The molecule has 0 radical (unpaired) electrons. The van der Waals surface area contributed by atoms with E-state index in [-0.39, 0.29) is 18.1 Å². The maximum absolute atomic E-state index is 9.46. The van der Waals surface area contributed by atoms with Crippen LogP contribution in [0.25, 0.3) is 0 Å². The van der Waals surface area contributed by atoms with Crippen molar-refractivity contribution >= 4 is 0 Å². The molecule has 0 atom stereocenters. The van der Waals surface area contributed by atoms with Crippen molar-refractivity contribution in [1.29, 1.82) is 0 Å². The van der Waals surface area contributed by atoms with E-state index >= 15 is 0 Å². The highest BCUT2D eigenvalue weighted by molar-refractivity contribution is 5.46. The van der Waals surface area contributed by atoms with E-state index in [0.29, 0.717) is 6.42 Å². The molecule has 0 unspecified atom stereocenters. The van der Waals surface area contributed by atoms with Crippen LogP contribution in [0.5, 0.6) is 11.5 Å². The van der Waals surface area contributed by atoms with E-state index < -0.39 is 5.41 Å². The lowest BCUT2D eigenvalue weighted by Crippen LogP contribution is -2.20. The Morgan fingerprint density at radius 1 is 0.857 bits per heavy atom. The number of aliphatic hydroxyl groups excluding tert-OH is 1. The van der Waals surface area contributed by atoms with Gasteiger partial charge in [-0.2, -0.15) is 0 Å². The van der Waals surface area contributed by atoms with Crippen LogP contribution in [0.15, 0.2) is 60.7 Å². The lowest BCUT2D eigenvalue weighted by molar-refractivity contribution is 0.302. The van der Waals surface area contributed by atoms with Crippen LogP contribution >= 0.6 is 0 Å². The third-order valence-electron chi connectivity index (χ3n) is 3.68. The zero-order valence-electron chi connectivity index (χ0n) is 12.0. The van der Waals surface area contributed by atoms with Gasteiger partial charge in [0.05, 0.1) is 0 Å². The third kappa shape index (κ3) is 3.44. The SMILES string of the molecule is CC(C=CCCO)(c1ccc(O)cc1)c1ccc(O)cc1. The average molecular weight is 284 g/mol. The lowest BCUT2D eigenvalue weighted by atomic mass is 9.76. The summed E-state index contributed by atoms with van der Waals surface area (Å²) in [6, 6.07) is 14.2. The van der Waals surface area contributed by atoms with Gasteiger partial charge in [0.1, 0.15) is 11.5 Å². The highest BCUT2D eigenvalue weighted by Crippen LogP contribution is 2.35. The summed E-state index contributed by atoms with van der Waals surface area (Å²) in [5, 5.41) is 27.9. The van der Waals surface area contributed by atoms with Gasteiger partial charge in [-0.25, -0.2) is 0 Å². The molecule has 0 aliphatic carbocycles. The first-order valence-electron chi connectivity index (χ1n) is 6.94.